The Hall–Kier alpha value is -1.84. The van der Waals surface area contributed by atoms with E-state index in [4.69, 9.17) is 4.98 Å². The van der Waals surface area contributed by atoms with E-state index in [1.54, 1.807) is 0 Å². The van der Waals surface area contributed by atoms with Gasteiger partial charge in [0.25, 0.3) is 0 Å². The number of benzene rings is 1. The summed E-state index contributed by atoms with van der Waals surface area (Å²) in [6, 6.07) is 8.19. The zero-order valence-corrected chi connectivity index (χ0v) is 13.3. The first-order valence-electron chi connectivity index (χ1n) is 8.44. The maximum atomic E-state index is 10.8. The van der Waals surface area contributed by atoms with Crippen LogP contribution >= 0.6 is 0 Å². The average Bonchev–Trinajstić information content (AvgIpc) is 2.93. The Bertz CT molecular complexity index is 628. The van der Waals surface area contributed by atoms with Gasteiger partial charge < -0.3 is 9.88 Å². The first-order valence-corrected chi connectivity index (χ1v) is 8.44. The van der Waals surface area contributed by atoms with Crippen molar-refractivity contribution in [2.45, 2.75) is 58.0 Å². The average molecular weight is 299 g/mol. The van der Waals surface area contributed by atoms with Gasteiger partial charge in [0, 0.05) is 6.54 Å². The highest BCUT2D eigenvalue weighted by Gasteiger charge is 2.18. The molecule has 4 nitrogen and oxygen atoms in total. The van der Waals surface area contributed by atoms with Crippen molar-refractivity contribution in [3.63, 3.8) is 0 Å². The molecule has 4 heteroatoms. The number of amides is 1. The predicted octanol–water partition coefficient (Wildman–Crippen LogP) is 3.81. The fourth-order valence-corrected chi connectivity index (χ4v) is 3.62. The van der Waals surface area contributed by atoms with Crippen LogP contribution in [0.15, 0.2) is 24.3 Å². The van der Waals surface area contributed by atoms with Gasteiger partial charge in [0.2, 0.25) is 6.41 Å². The number of aromatic nitrogens is 2. The second-order valence-electron chi connectivity index (χ2n) is 6.41. The molecule has 22 heavy (non-hydrogen) atoms. The number of para-hydroxylation sites is 2. The van der Waals surface area contributed by atoms with Gasteiger partial charge in [-0.3, -0.25) is 4.79 Å². The molecular weight excluding hydrogens is 274 g/mol. The van der Waals surface area contributed by atoms with Crippen molar-refractivity contribution in [1.82, 2.24) is 14.9 Å². The van der Waals surface area contributed by atoms with E-state index in [9.17, 15) is 4.79 Å². The van der Waals surface area contributed by atoms with E-state index in [1.165, 1.54) is 44.0 Å². The van der Waals surface area contributed by atoms with Gasteiger partial charge in [-0.15, -0.1) is 0 Å². The van der Waals surface area contributed by atoms with Crippen LogP contribution in [0.25, 0.3) is 11.0 Å². The number of hydrogen-bond donors (Lipinski definition) is 1. The molecule has 2 aromatic rings. The number of carbonyl (C=O) groups is 1. The molecule has 0 bridgehead atoms. The van der Waals surface area contributed by atoms with Crippen molar-refractivity contribution >= 4 is 17.4 Å². The fourth-order valence-electron chi connectivity index (χ4n) is 3.62. The van der Waals surface area contributed by atoms with Gasteiger partial charge in [-0.05, 0) is 31.4 Å². The summed E-state index contributed by atoms with van der Waals surface area (Å²) in [4.78, 5) is 15.5. The monoisotopic (exact) mass is 299 g/mol. The lowest BCUT2D eigenvalue weighted by Gasteiger charge is -2.22. The molecule has 0 aliphatic heterocycles. The lowest BCUT2D eigenvalue weighted by molar-refractivity contribution is -0.110. The van der Waals surface area contributed by atoms with E-state index in [0.29, 0.717) is 0 Å². The van der Waals surface area contributed by atoms with Gasteiger partial charge in [-0.1, -0.05) is 44.2 Å². The largest absolute Gasteiger partial charge is 0.349 e. The number of nitrogens with one attached hydrogen (secondary N) is 1. The molecule has 1 atom stereocenters. The smallest absolute Gasteiger partial charge is 0.207 e. The Kier molecular flexibility index (Phi) is 4.76. The van der Waals surface area contributed by atoms with Crippen LogP contribution in [0.1, 0.15) is 57.3 Å². The number of nitrogens with zero attached hydrogens (tertiary/aromatic N) is 2. The highest BCUT2D eigenvalue weighted by atomic mass is 16.1. The SMILES string of the molecule is CC(NC=O)c1nc2ccccc2n1CCC1CCCCC1. The van der Waals surface area contributed by atoms with E-state index in [0.717, 1.165) is 30.2 Å². The minimum atomic E-state index is -0.0590. The van der Waals surface area contributed by atoms with Crippen LogP contribution in [-0.2, 0) is 11.3 Å². The zero-order chi connectivity index (χ0) is 15.4. The lowest BCUT2D eigenvalue weighted by atomic mass is 9.87. The topological polar surface area (TPSA) is 46.9 Å². The van der Waals surface area contributed by atoms with Gasteiger partial charge in [-0.2, -0.15) is 0 Å². The molecule has 1 N–H and O–H groups in total. The van der Waals surface area contributed by atoms with Crippen LogP contribution in [0.4, 0.5) is 0 Å². The number of fused-ring (bicyclic) bond motifs is 1. The fraction of sp³-hybridized carbons (Fsp3) is 0.556. The second kappa shape index (κ2) is 6.95. The lowest BCUT2D eigenvalue weighted by Crippen LogP contribution is -2.21. The summed E-state index contributed by atoms with van der Waals surface area (Å²) in [6.45, 7) is 2.98. The Morgan fingerprint density at radius 2 is 2.09 bits per heavy atom. The van der Waals surface area contributed by atoms with E-state index in [1.807, 2.05) is 19.1 Å². The molecule has 3 rings (SSSR count). The van der Waals surface area contributed by atoms with Gasteiger partial charge in [0.15, 0.2) is 0 Å². The van der Waals surface area contributed by atoms with Crippen LogP contribution in [0, 0.1) is 5.92 Å². The quantitative estimate of drug-likeness (QED) is 0.824. The van der Waals surface area contributed by atoms with Crippen LogP contribution in [0.2, 0.25) is 0 Å². The highest BCUT2D eigenvalue weighted by Crippen LogP contribution is 2.28. The number of aryl methyl sites for hydroxylation is 1. The molecule has 0 saturated heterocycles. The Morgan fingerprint density at radius 1 is 1.32 bits per heavy atom. The van der Waals surface area contributed by atoms with Crippen LogP contribution in [-0.4, -0.2) is 16.0 Å². The van der Waals surface area contributed by atoms with Crippen molar-refractivity contribution in [1.29, 1.82) is 0 Å². The number of rotatable bonds is 6. The van der Waals surface area contributed by atoms with Crippen LogP contribution in [0.5, 0.6) is 0 Å². The molecule has 0 spiro atoms. The molecule has 118 valence electrons. The maximum Gasteiger partial charge on any atom is 0.207 e. The summed E-state index contributed by atoms with van der Waals surface area (Å²) >= 11 is 0. The Balaban J connectivity index is 1.84. The van der Waals surface area contributed by atoms with Crippen LogP contribution < -0.4 is 5.32 Å². The molecule has 1 aliphatic rings. The first kappa shape index (κ1) is 15.1. The number of hydrogen-bond acceptors (Lipinski definition) is 2. The Labute approximate surface area is 131 Å². The van der Waals surface area contributed by atoms with E-state index in [-0.39, 0.29) is 6.04 Å². The van der Waals surface area contributed by atoms with Crippen molar-refractivity contribution in [3.8, 4) is 0 Å². The number of imidazole rings is 1. The molecule has 1 saturated carbocycles. The molecular formula is C18H25N3O. The standard InChI is InChI=1S/C18H25N3O/c1-14(19-13-22)18-20-16-9-5-6-10-17(16)21(18)12-11-15-7-3-2-4-8-15/h5-6,9-10,13-15H,2-4,7-8,11-12H2,1H3,(H,19,22). The molecule has 1 amide bonds. The Morgan fingerprint density at radius 3 is 2.86 bits per heavy atom. The third-order valence-electron chi connectivity index (χ3n) is 4.88. The third kappa shape index (κ3) is 3.16. The van der Waals surface area contributed by atoms with Crippen molar-refractivity contribution in [2.75, 3.05) is 0 Å². The molecule has 1 aliphatic carbocycles. The van der Waals surface area contributed by atoms with Crippen molar-refractivity contribution in [2.24, 2.45) is 5.92 Å². The predicted molar refractivity (Wildman–Crippen MR) is 88.5 cm³/mol. The minimum absolute atomic E-state index is 0.0590. The van der Waals surface area contributed by atoms with Crippen molar-refractivity contribution in [3.05, 3.63) is 30.1 Å². The number of carbonyl (C=O) groups excluding carboxylic acids is 1. The summed E-state index contributed by atoms with van der Waals surface area (Å²) in [7, 11) is 0. The summed E-state index contributed by atoms with van der Waals surface area (Å²) in [5, 5.41) is 2.84. The molecule has 1 heterocycles. The maximum absolute atomic E-state index is 10.8. The van der Waals surface area contributed by atoms with Crippen LogP contribution in [0.3, 0.4) is 0 Å². The van der Waals surface area contributed by atoms with Crippen molar-refractivity contribution < 1.29 is 4.79 Å². The second-order valence-corrected chi connectivity index (χ2v) is 6.41. The zero-order valence-electron chi connectivity index (χ0n) is 13.3. The molecule has 1 aromatic carbocycles. The highest BCUT2D eigenvalue weighted by molar-refractivity contribution is 5.76. The van der Waals surface area contributed by atoms with Gasteiger partial charge >= 0.3 is 0 Å². The van der Waals surface area contributed by atoms with Gasteiger partial charge in [0.05, 0.1) is 17.1 Å². The summed E-state index contributed by atoms with van der Waals surface area (Å²) in [5.74, 6) is 1.81. The summed E-state index contributed by atoms with van der Waals surface area (Å²) < 4.78 is 2.30. The normalized spacial score (nSPS) is 17.5. The molecule has 1 aromatic heterocycles. The minimum Gasteiger partial charge on any atom is -0.349 e. The van der Waals surface area contributed by atoms with Gasteiger partial charge in [0.1, 0.15) is 5.82 Å². The summed E-state index contributed by atoms with van der Waals surface area (Å²) in [6.07, 6.45) is 8.86. The molecule has 1 unspecified atom stereocenters. The molecule has 1 fully saturated rings. The summed E-state index contributed by atoms with van der Waals surface area (Å²) in [5.41, 5.74) is 2.19. The van der Waals surface area contributed by atoms with Gasteiger partial charge in [-0.25, -0.2) is 4.98 Å². The molecule has 0 radical (unpaired) electrons. The van der Waals surface area contributed by atoms with E-state index >= 15 is 0 Å². The third-order valence-corrected chi connectivity index (χ3v) is 4.88. The van der Waals surface area contributed by atoms with E-state index in [2.05, 4.69) is 22.0 Å². The first-order chi connectivity index (χ1) is 10.8. The van der Waals surface area contributed by atoms with E-state index < -0.39 is 0 Å².